The average Bonchev–Trinajstić information content (AvgIpc) is 2.79. The SMILES string of the molecule is CCC(CC)[C@H](Oc1cccc(F)c1)[C@H](C)OC(=O)[C@H](C)NC(=O)c1nccc(OC)c1O. The van der Waals surface area contributed by atoms with Crippen LogP contribution in [-0.2, 0) is 9.53 Å². The van der Waals surface area contributed by atoms with Gasteiger partial charge < -0.3 is 24.6 Å². The molecule has 2 N–H and O–H groups in total. The number of carbonyl (C=O) groups excluding carboxylic acids is 2. The normalized spacial score (nSPS) is 13.7. The van der Waals surface area contributed by atoms with Crippen molar-refractivity contribution in [2.24, 2.45) is 5.92 Å². The molecule has 0 spiro atoms. The lowest BCUT2D eigenvalue weighted by atomic mass is 9.93. The number of methoxy groups -OCH3 is 1. The highest BCUT2D eigenvalue weighted by atomic mass is 19.1. The standard InChI is InChI=1S/C24H31FN2O6/c1-6-16(7-2)22(33-18-10-8-9-17(25)13-18)15(4)32-24(30)14(3)27-23(29)20-21(28)19(31-5)11-12-26-20/h8-16,22,28H,6-7H2,1-5H3,(H,27,29)/t14-,15-,22+/m0/s1. The van der Waals surface area contributed by atoms with E-state index in [9.17, 15) is 19.1 Å². The third-order valence-electron chi connectivity index (χ3n) is 5.37. The number of amides is 1. The first-order chi connectivity index (χ1) is 15.7. The summed E-state index contributed by atoms with van der Waals surface area (Å²) >= 11 is 0. The number of carbonyl (C=O) groups is 2. The van der Waals surface area contributed by atoms with Gasteiger partial charge in [0.1, 0.15) is 29.8 Å². The lowest BCUT2D eigenvalue weighted by molar-refractivity contribution is -0.156. The molecule has 9 heteroatoms. The number of nitrogens with zero attached hydrogens (tertiary/aromatic N) is 1. The van der Waals surface area contributed by atoms with E-state index in [0.717, 1.165) is 12.8 Å². The van der Waals surface area contributed by atoms with Gasteiger partial charge in [-0.2, -0.15) is 0 Å². The van der Waals surface area contributed by atoms with Gasteiger partial charge in [0.25, 0.3) is 5.91 Å². The third kappa shape index (κ3) is 6.81. The number of aromatic hydroxyl groups is 1. The van der Waals surface area contributed by atoms with Gasteiger partial charge >= 0.3 is 5.97 Å². The summed E-state index contributed by atoms with van der Waals surface area (Å²) in [6.07, 6.45) is 1.66. The minimum Gasteiger partial charge on any atom is -0.503 e. The molecule has 3 atom stereocenters. The highest BCUT2D eigenvalue weighted by Crippen LogP contribution is 2.28. The summed E-state index contributed by atoms with van der Waals surface area (Å²) in [5.74, 6) is -1.81. The zero-order valence-electron chi connectivity index (χ0n) is 19.5. The van der Waals surface area contributed by atoms with Crippen LogP contribution in [0.4, 0.5) is 4.39 Å². The van der Waals surface area contributed by atoms with Crippen molar-refractivity contribution in [2.75, 3.05) is 7.11 Å². The molecule has 0 saturated heterocycles. The molecule has 8 nitrogen and oxygen atoms in total. The van der Waals surface area contributed by atoms with Crippen molar-refractivity contribution in [3.05, 3.63) is 48.0 Å². The Morgan fingerprint density at radius 1 is 1.18 bits per heavy atom. The Kier molecular flexibility index (Phi) is 9.44. The molecule has 33 heavy (non-hydrogen) atoms. The Hall–Kier alpha value is -3.36. The molecule has 1 heterocycles. The summed E-state index contributed by atoms with van der Waals surface area (Å²) in [4.78, 5) is 29.0. The summed E-state index contributed by atoms with van der Waals surface area (Å²) in [5, 5.41) is 12.6. The summed E-state index contributed by atoms with van der Waals surface area (Å²) in [5.41, 5.74) is -0.272. The number of ether oxygens (including phenoxy) is 3. The largest absolute Gasteiger partial charge is 0.503 e. The maximum Gasteiger partial charge on any atom is 0.328 e. The molecule has 0 aliphatic carbocycles. The predicted molar refractivity (Wildman–Crippen MR) is 120 cm³/mol. The number of hydrogen-bond donors (Lipinski definition) is 2. The number of halogens is 1. The highest BCUT2D eigenvalue weighted by molar-refractivity contribution is 5.97. The quantitative estimate of drug-likeness (QED) is 0.488. The van der Waals surface area contributed by atoms with Crippen molar-refractivity contribution < 1.29 is 33.3 Å². The molecule has 1 aromatic carbocycles. The van der Waals surface area contributed by atoms with Crippen molar-refractivity contribution in [3.63, 3.8) is 0 Å². The average molecular weight is 463 g/mol. The summed E-state index contributed by atoms with van der Waals surface area (Å²) in [6, 6.07) is 6.17. The molecule has 1 amide bonds. The van der Waals surface area contributed by atoms with Crippen LogP contribution in [0.25, 0.3) is 0 Å². The van der Waals surface area contributed by atoms with E-state index in [4.69, 9.17) is 14.2 Å². The van der Waals surface area contributed by atoms with Crippen LogP contribution in [0.2, 0.25) is 0 Å². The molecule has 2 aromatic rings. The lowest BCUT2D eigenvalue weighted by Crippen LogP contribution is -2.45. The Morgan fingerprint density at radius 2 is 1.88 bits per heavy atom. The number of hydrogen-bond acceptors (Lipinski definition) is 7. The van der Waals surface area contributed by atoms with Crippen LogP contribution in [-0.4, -0.2) is 47.3 Å². The van der Waals surface area contributed by atoms with Gasteiger partial charge in [-0.15, -0.1) is 0 Å². The van der Waals surface area contributed by atoms with E-state index in [-0.39, 0.29) is 17.4 Å². The molecule has 0 fully saturated rings. The summed E-state index contributed by atoms with van der Waals surface area (Å²) in [7, 11) is 1.35. The predicted octanol–water partition coefficient (Wildman–Crippen LogP) is 3.87. The van der Waals surface area contributed by atoms with Crippen LogP contribution in [0.15, 0.2) is 36.5 Å². The molecule has 0 bridgehead atoms. The van der Waals surface area contributed by atoms with Crippen molar-refractivity contribution in [2.45, 2.75) is 58.8 Å². The van der Waals surface area contributed by atoms with Gasteiger partial charge in [0.05, 0.1) is 7.11 Å². The van der Waals surface area contributed by atoms with Crippen LogP contribution in [0.3, 0.4) is 0 Å². The number of esters is 1. The molecule has 2 rings (SSSR count). The first-order valence-corrected chi connectivity index (χ1v) is 10.9. The number of pyridine rings is 1. The van der Waals surface area contributed by atoms with Crippen LogP contribution in [0.1, 0.15) is 51.0 Å². The van der Waals surface area contributed by atoms with Gasteiger partial charge in [0.15, 0.2) is 17.2 Å². The van der Waals surface area contributed by atoms with E-state index >= 15 is 0 Å². The first-order valence-electron chi connectivity index (χ1n) is 10.9. The first kappa shape index (κ1) is 25.9. The second kappa shape index (κ2) is 12.0. The lowest BCUT2D eigenvalue weighted by Gasteiger charge is -2.31. The van der Waals surface area contributed by atoms with Gasteiger partial charge in [0, 0.05) is 18.3 Å². The van der Waals surface area contributed by atoms with Gasteiger partial charge in [-0.1, -0.05) is 19.9 Å². The molecule has 0 radical (unpaired) electrons. The summed E-state index contributed by atoms with van der Waals surface area (Å²) < 4.78 is 30.2. The second-order valence-corrected chi connectivity index (χ2v) is 7.66. The van der Waals surface area contributed by atoms with Crippen LogP contribution < -0.4 is 14.8 Å². The Labute approximate surface area is 193 Å². The molecule has 1 aromatic heterocycles. The minimum absolute atomic E-state index is 0.0545. The fourth-order valence-electron chi connectivity index (χ4n) is 3.47. The Balaban J connectivity index is 2.09. The van der Waals surface area contributed by atoms with Crippen molar-refractivity contribution in [1.82, 2.24) is 10.3 Å². The van der Waals surface area contributed by atoms with E-state index in [1.165, 1.54) is 38.4 Å². The van der Waals surface area contributed by atoms with E-state index in [2.05, 4.69) is 10.3 Å². The zero-order chi connectivity index (χ0) is 24.5. The highest BCUT2D eigenvalue weighted by Gasteiger charge is 2.31. The zero-order valence-corrected chi connectivity index (χ0v) is 19.5. The smallest absolute Gasteiger partial charge is 0.328 e. The maximum atomic E-state index is 13.6. The van der Waals surface area contributed by atoms with E-state index in [1.807, 2.05) is 13.8 Å². The van der Waals surface area contributed by atoms with Crippen molar-refractivity contribution in [1.29, 1.82) is 0 Å². The Morgan fingerprint density at radius 3 is 2.48 bits per heavy atom. The van der Waals surface area contributed by atoms with Gasteiger partial charge in [0.2, 0.25) is 0 Å². The number of benzene rings is 1. The van der Waals surface area contributed by atoms with E-state index in [1.54, 1.807) is 19.1 Å². The molecular formula is C24H31FN2O6. The summed E-state index contributed by atoms with van der Waals surface area (Å²) in [6.45, 7) is 7.16. The minimum atomic E-state index is -1.02. The van der Waals surface area contributed by atoms with Crippen molar-refractivity contribution >= 4 is 11.9 Å². The maximum absolute atomic E-state index is 13.6. The second-order valence-electron chi connectivity index (χ2n) is 7.66. The van der Waals surface area contributed by atoms with Crippen LogP contribution >= 0.6 is 0 Å². The topological polar surface area (TPSA) is 107 Å². The Bertz CT molecular complexity index is 950. The van der Waals surface area contributed by atoms with Crippen molar-refractivity contribution in [3.8, 4) is 17.2 Å². The van der Waals surface area contributed by atoms with Crippen LogP contribution in [0.5, 0.6) is 17.2 Å². The molecule has 0 unspecified atom stereocenters. The molecule has 0 aliphatic rings. The van der Waals surface area contributed by atoms with Gasteiger partial charge in [-0.3, -0.25) is 4.79 Å². The van der Waals surface area contributed by atoms with E-state index < -0.39 is 41.7 Å². The third-order valence-corrected chi connectivity index (χ3v) is 5.37. The molecular weight excluding hydrogens is 431 g/mol. The number of nitrogens with one attached hydrogen (secondary N) is 1. The monoisotopic (exact) mass is 462 g/mol. The molecule has 0 aliphatic heterocycles. The fourth-order valence-corrected chi connectivity index (χ4v) is 3.47. The number of aromatic nitrogens is 1. The van der Waals surface area contributed by atoms with E-state index in [0.29, 0.717) is 5.75 Å². The molecule has 180 valence electrons. The molecule has 0 saturated carbocycles. The van der Waals surface area contributed by atoms with Gasteiger partial charge in [-0.25, -0.2) is 14.2 Å². The number of rotatable bonds is 11. The van der Waals surface area contributed by atoms with Gasteiger partial charge in [-0.05, 0) is 44.7 Å². The van der Waals surface area contributed by atoms with Crippen LogP contribution in [0, 0.1) is 11.7 Å². The fraction of sp³-hybridized carbons (Fsp3) is 0.458.